The van der Waals surface area contributed by atoms with Crippen LogP contribution in [0.5, 0.6) is 5.75 Å². The van der Waals surface area contributed by atoms with E-state index in [0.717, 1.165) is 5.56 Å². The highest BCUT2D eigenvalue weighted by atomic mass is 35.5. The van der Waals surface area contributed by atoms with Crippen LogP contribution >= 0.6 is 11.6 Å². The molecule has 2 rings (SSSR count). The van der Waals surface area contributed by atoms with Crippen LogP contribution in [0.4, 0.5) is 0 Å². The van der Waals surface area contributed by atoms with Crippen LogP contribution < -0.4 is 0 Å². The van der Waals surface area contributed by atoms with E-state index >= 15 is 0 Å². The van der Waals surface area contributed by atoms with Crippen molar-refractivity contribution in [3.05, 3.63) is 28.8 Å². The Bertz CT molecular complexity index is 413. The molecule has 1 fully saturated rings. The van der Waals surface area contributed by atoms with Crippen LogP contribution in [0.1, 0.15) is 12.5 Å². The van der Waals surface area contributed by atoms with Crippen LogP contribution in [0.2, 0.25) is 5.02 Å². The van der Waals surface area contributed by atoms with Crippen molar-refractivity contribution in [1.29, 1.82) is 0 Å². The van der Waals surface area contributed by atoms with Crippen LogP contribution in [-0.2, 0) is 11.3 Å². The fourth-order valence-electron chi connectivity index (χ4n) is 2.11. The number of rotatable bonds is 3. The number of phenols is 1. The maximum Gasteiger partial charge on any atom is 0.138 e. The first-order valence-corrected chi connectivity index (χ1v) is 6.42. The van der Waals surface area contributed by atoms with E-state index in [1.54, 1.807) is 6.07 Å². The zero-order chi connectivity index (χ0) is 13.1. The molecule has 1 aliphatic rings. The number of nitrogens with zero attached hydrogens (tertiary/aromatic N) is 1. The lowest BCUT2D eigenvalue weighted by Gasteiger charge is -2.37. The van der Waals surface area contributed by atoms with Crippen molar-refractivity contribution in [1.82, 2.24) is 4.90 Å². The maximum atomic E-state index is 9.90. The Morgan fingerprint density at radius 2 is 2.28 bits per heavy atom. The Morgan fingerprint density at radius 3 is 3.00 bits per heavy atom. The number of aliphatic hydroxyl groups is 1. The molecule has 0 spiro atoms. The lowest BCUT2D eigenvalue weighted by molar-refractivity contribution is -0.0806. The fraction of sp³-hybridized carbons (Fsp3) is 0.538. The van der Waals surface area contributed by atoms with Gasteiger partial charge in [0.05, 0.1) is 24.3 Å². The molecule has 2 N–H and O–H groups in total. The standard InChI is InChI=1S/C13H18ClNO3/c1-9-8-18-11(7-16)6-15(9)5-10-3-2-4-12(14)13(10)17/h2-4,9,11,16-17H,5-8H2,1H3. The highest BCUT2D eigenvalue weighted by Gasteiger charge is 2.26. The number of morpholine rings is 1. The molecule has 0 bridgehead atoms. The van der Waals surface area contributed by atoms with Gasteiger partial charge in [0.25, 0.3) is 0 Å². The van der Waals surface area contributed by atoms with Crippen molar-refractivity contribution in [2.75, 3.05) is 19.8 Å². The van der Waals surface area contributed by atoms with Crippen LogP contribution in [0, 0.1) is 0 Å². The Hall–Kier alpha value is -0.810. The smallest absolute Gasteiger partial charge is 0.138 e. The first-order chi connectivity index (χ1) is 8.61. The van der Waals surface area contributed by atoms with E-state index in [1.807, 2.05) is 12.1 Å². The second-order valence-electron chi connectivity index (χ2n) is 4.66. The third-order valence-corrected chi connectivity index (χ3v) is 3.59. The van der Waals surface area contributed by atoms with E-state index in [-0.39, 0.29) is 24.5 Å². The van der Waals surface area contributed by atoms with Gasteiger partial charge in [-0.2, -0.15) is 0 Å². The minimum atomic E-state index is -0.150. The second kappa shape index (κ2) is 5.89. The Kier molecular flexibility index (Phi) is 4.45. The molecule has 0 aliphatic carbocycles. The van der Waals surface area contributed by atoms with Gasteiger partial charge >= 0.3 is 0 Å². The quantitative estimate of drug-likeness (QED) is 0.877. The predicted octanol–water partition coefficient (Wildman–Crippen LogP) is 1.63. The van der Waals surface area contributed by atoms with Crippen LogP contribution in [-0.4, -0.2) is 47.0 Å². The Balaban J connectivity index is 2.09. The minimum absolute atomic E-state index is 0.0186. The summed E-state index contributed by atoms with van der Waals surface area (Å²) in [6.07, 6.45) is -0.150. The molecule has 1 aromatic carbocycles. The van der Waals surface area contributed by atoms with Crippen molar-refractivity contribution in [2.24, 2.45) is 0 Å². The van der Waals surface area contributed by atoms with Gasteiger partial charge in [-0.1, -0.05) is 23.7 Å². The second-order valence-corrected chi connectivity index (χ2v) is 5.07. The van der Waals surface area contributed by atoms with Gasteiger partial charge in [0.15, 0.2) is 0 Å². The number of hydrogen-bond donors (Lipinski definition) is 2. The summed E-state index contributed by atoms with van der Waals surface area (Å²) in [6.45, 7) is 3.93. The van der Waals surface area contributed by atoms with Crippen LogP contribution in [0.3, 0.4) is 0 Å². The maximum absolute atomic E-state index is 9.90. The van der Waals surface area contributed by atoms with Crippen molar-refractivity contribution in [3.63, 3.8) is 0 Å². The first kappa shape index (κ1) is 13.6. The molecule has 2 atom stereocenters. The van der Waals surface area contributed by atoms with Gasteiger partial charge in [0, 0.05) is 24.7 Å². The number of ether oxygens (including phenoxy) is 1. The number of benzene rings is 1. The summed E-state index contributed by atoms with van der Waals surface area (Å²) in [5.41, 5.74) is 0.799. The van der Waals surface area contributed by atoms with Crippen molar-refractivity contribution in [3.8, 4) is 5.75 Å². The lowest BCUT2D eigenvalue weighted by atomic mass is 10.1. The van der Waals surface area contributed by atoms with E-state index in [2.05, 4.69) is 11.8 Å². The summed E-state index contributed by atoms with van der Waals surface area (Å²) in [5.74, 6) is 0.137. The molecule has 1 saturated heterocycles. The molecule has 0 radical (unpaired) electrons. The molecular weight excluding hydrogens is 254 g/mol. The molecule has 0 aromatic heterocycles. The minimum Gasteiger partial charge on any atom is -0.506 e. The first-order valence-electron chi connectivity index (χ1n) is 6.04. The monoisotopic (exact) mass is 271 g/mol. The van der Waals surface area contributed by atoms with Gasteiger partial charge in [-0.25, -0.2) is 0 Å². The van der Waals surface area contributed by atoms with E-state index in [1.165, 1.54) is 0 Å². The summed E-state index contributed by atoms with van der Waals surface area (Å²) in [4.78, 5) is 2.18. The molecule has 4 nitrogen and oxygen atoms in total. The number of hydrogen-bond acceptors (Lipinski definition) is 4. The fourth-order valence-corrected chi connectivity index (χ4v) is 2.31. The number of halogens is 1. The topological polar surface area (TPSA) is 52.9 Å². The highest BCUT2D eigenvalue weighted by molar-refractivity contribution is 6.32. The van der Waals surface area contributed by atoms with Crippen LogP contribution in [0.15, 0.2) is 18.2 Å². The SMILES string of the molecule is CC1COC(CO)CN1Cc1cccc(Cl)c1O. The van der Waals surface area contributed by atoms with Crippen molar-refractivity contribution in [2.45, 2.75) is 25.6 Å². The summed E-state index contributed by atoms with van der Waals surface area (Å²) >= 11 is 5.89. The number of para-hydroxylation sites is 1. The summed E-state index contributed by atoms with van der Waals surface area (Å²) in [5, 5.41) is 19.4. The molecule has 100 valence electrons. The zero-order valence-electron chi connectivity index (χ0n) is 10.3. The highest BCUT2D eigenvalue weighted by Crippen LogP contribution is 2.28. The zero-order valence-corrected chi connectivity index (χ0v) is 11.1. The third kappa shape index (κ3) is 2.95. The molecule has 5 heteroatoms. The average molecular weight is 272 g/mol. The van der Waals surface area contributed by atoms with Gasteiger partial charge in [0.1, 0.15) is 5.75 Å². The summed E-state index contributed by atoms with van der Waals surface area (Å²) in [7, 11) is 0. The molecule has 0 amide bonds. The van der Waals surface area contributed by atoms with Gasteiger partial charge in [-0.15, -0.1) is 0 Å². The third-order valence-electron chi connectivity index (χ3n) is 3.28. The molecule has 1 heterocycles. The molecular formula is C13H18ClNO3. The predicted molar refractivity (Wildman–Crippen MR) is 69.8 cm³/mol. The van der Waals surface area contributed by atoms with E-state index < -0.39 is 0 Å². The normalized spacial score (nSPS) is 25.3. The number of aromatic hydroxyl groups is 1. The van der Waals surface area contributed by atoms with Crippen LogP contribution in [0.25, 0.3) is 0 Å². The van der Waals surface area contributed by atoms with Gasteiger partial charge in [0.2, 0.25) is 0 Å². The molecule has 1 aromatic rings. The van der Waals surface area contributed by atoms with Gasteiger partial charge in [-0.05, 0) is 13.0 Å². The summed E-state index contributed by atoms with van der Waals surface area (Å²) < 4.78 is 5.48. The Morgan fingerprint density at radius 1 is 1.50 bits per heavy atom. The largest absolute Gasteiger partial charge is 0.506 e. The van der Waals surface area contributed by atoms with Gasteiger partial charge < -0.3 is 14.9 Å². The summed E-state index contributed by atoms with van der Waals surface area (Å²) in [6, 6.07) is 5.61. The molecule has 0 saturated carbocycles. The van der Waals surface area contributed by atoms with Crippen molar-refractivity contribution >= 4 is 11.6 Å². The molecule has 1 aliphatic heterocycles. The molecule has 18 heavy (non-hydrogen) atoms. The van der Waals surface area contributed by atoms with Crippen molar-refractivity contribution < 1.29 is 14.9 Å². The Labute approximate surface area is 112 Å². The molecule has 2 unspecified atom stereocenters. The van der Waals surface area contributed by atoms with E-state index in [0.29, 0.717) is 24.7 Å². The van der Waals surface area contributed by atoms with Gasteiger partial charge in [-0.3, -0.25) is 4.90 Å². The number of aliphatic hydroxyl groups excluding tert-OH is 1. The van der Waals surface area contributed by atoms with E-state index in [9.17, 15) is 5.11 Å². The lowest BCUT2D eigenvalue weighted by Crippen LogP contribution is -2.48. The number of phenolic OH excluding ortho intramolecular Hbond substituents is 1. The van der Waals surface area contributed by atoms with E-state index in [4.69, 9.17) is 21.4 Å². The average Bonchev–Trinajstić information content (AvgIpc) is 2.37.